The van der Waals surface area contributed by atoms with E-state index in [9.17, 15) is 9.18 Å². The molecule has 0 atom stereocenters. The number of hydrogen-bond donors (Lipinski definition) is 4. The lowest BCUT2D eigenvalue weighted by Crippen LogP contribution is -2.48. The zero-order valence-corrected chi connectivity index (χ0v) is 24.7. The maximum atomic E-state index is 13.8. The Hall–Kier alpha value is -4.23. The number of carbonyl (C=O) groups excluding carboxylic acids is 1. The summed E-state index contributed by atoms with van der Waals surface area (Å²) in [4.78, 5) is 32.7. The van der Waals surface area contributed by atoms with Crippen molar-refractivity contribution in [3.63, 3.8) is 0 Å². The van der Waals surface area contributed by atoms with Crippen LogP contribution in [0.3, 0.4) is 0 Å². The first kappa shape index (κ1) is 29.8. The summed E-state index contributed by atoms with van der Waals surface area (Å²) < 4.78 is 25.9. The maximum absolute atomic E-state index is 13.8. The number of hydrogen-bond acceptors (Lipinski definition) is 9. The van der Waals surface area contributed by atoms with Gasteiger partial charge in [-0.25, -0.2) is 19.3 Å². The molecule has 230 valence electrons. The van der Waals surface area contributed by atoms with E-state index in [1.165, 1.54) is 12.1 Å². The fourth-order valence-electron chi connectivity index (χ4n) is 5.22. The Morgan fingerprint density at radius 2 is 1.89 bits per heavy atom. The minimum atomic E-state index is -0.862. The SMILES string of the molecule is CC1(C(=O)NCc2ccccc2)COC(c2nc(-c3ccc(F)cc3)c(-c3ccnc(NCCCN4CCNC4)n3)[nH]2)OC1. The van der Waals surface area contributed by atoms with Crippen molar-refractivity contribution in [1.29, 1.82) is 0 Å². The van der Waals surface area contributed by atoms with Crippen molar-refractivity contribution >= 4 is 11.9 Å². The number of benzene rings is 2. The molecule has 0 radical (unpaired) electrons. The molecule has 4 N–H and O–H groups in total. The van der Waals surface area contributed by atoms with E-state index in [0.29, 0.717) is 41.0 Å². The van der Waals surface area contributed by atoms with E-state index in [-0.39, 0.29) is 24.9 Å². The van der Waals surface area contributed by atoms with Crippen LogP contribution in [-0.2, 0) is 20.8 Å². The van der Waals surface area contributed by atoms with Gasteiger partial charge in [0.05, 0.1) is 35.7 Å². The normalized spacial score (nSPS) is 20.5. The first-order valence-electron chi connectivity index (χ1n) is 14.9. The van der Waals surface area contributed by atoms with Gasteiger partial charge in [0.1, 0.15) is 5.82 Å². The predicted molar refractivity (Wildman–Crippen MR) is 164 cm³/mol. The van der Waals surface area contributed by atoms with Gasteiger partial charge in [-0.3, -0.25) is 9.69 Å². The third-order valence-electron chi connectivity index (χ3n) is 7.80. The number of anilines is 1. The molecule has 44 heavy (non-hydrogen) atoms. The molecule has 0 aliphatic carbocycles. The lowest BCUT2D eigenvalue weighted by molar-refractivity contribution is -0.231. The summed E-state index contributed by atoms with van der Waals surface area (Å²) in [6.45, 7) is 7.29. The third kappa shape index (κ3) is 7.11. The van der Waals surface area contributed by atoms with Crippen molar-refractivity contribution in [2.24, 2.45) is 5.41 Å². The number of nitrogens with zero attached hydrogens (tertiary/aromatic N) is 4. The van der Waals surface area contributed by atoms with Crippen LogP contribution in [-0.4, -0.2) is 76.8 Å². The lowest BCUT2D eigenvalue weighted by atomic mass is 9.91. The van der Waals surface area contributed by atoms with E-state index >= 15 is 0 Å². The Bertz CT molecular complexity index is 1530. The number of aromatic amines is 1. The standard InChI is InChI=1S/C32H37FN8O3/c1-32(30(42)37-18-22-6-3-2-4-7-22)19-43-29(44-20-32)28-39-26(23-8-10-24(33)11-9-23)27(40-28)25-12-14-36-31(38-25)35-13-5-16-41-17-15-34-21-41/h2-4,6-12,14,29,34H,5,13,15-21H2,1H3,(H,37,42)(H,39,40)(H,35,36,38). The zero-order chi connectivity index (χ0) is 30.4. The van der Waals surface area contributed by atoms with Gasteiger partial charge in [0.2, 0.25) is 18.1 Å². The van der Waals surface area contributed by atoms with Crippen LogP contribution in [0.1, 0.15) is 31.0 Å². The number of ether oxygens (including phenoxy) is 2. The molecule has 6 rings (SSSR count). The summed E-state index contributed by atoms with van der Waals surface area (Å²) in [5.41, 5.74) is 2.68. The number of nitrogens with one attached hydrogen (secondary N) is 4. The van der Waals surface area contributed by atoms with E-state index in [0.717, 1.165) is 44.8 Å². The van der Waals surface area contributed by atoms with Gasteiger partial charge in [-0.1, -0.05) is 30.3 Å². The van der Waals surface area contributed by atoms with Crippen molar-refractivity contribution in [2.45, 2.75) is 26.2 Å². The van der Waals surface area contributed by atoms with Gasteiger partial charge in [-0.15, -0.1) is 0 Å². The number of carbonyl (C=O) groups is 1. The van der Waals surface area contributed by atoms with Crippen molar-refractivity contribution in [2.75, 3.05) is 51.4 Å². The van der Waals surface area contributed by atoms with Gasteiger partial charge >= 0.3 is 0 Å². The fourth-order valence-corrected chi connectivity index (χ4v) is 5.22. The van der Waals surface area contributed by atoms with Crippen molar-refractivity contribution in [3.05, 3.63) is 84.1 Å². The third-order valence-corrected chi connectivity index (χ3v) is 7.80. The highest BCUT2D eigenvalue weighted by atomic mass is 19.1. The fraction of sp³-hybridized carbons (Fsp3) is 0.375. The van der Waals surface area contributed by atoms with Crippen LogP contribution in [0.25, 0.3) is 22.6 Å². The largest absolute Gasteiger partial charge is 0.354 e. The van der Waals surface area contributed by atoms with Gasteiger partial charge in [0, 0.05) is 51.2 Å². The van der Waals surface area contributed by atoms with Gasteiger partial charge < -0.3 is 30.4 Å². The molecule has 4 heterocycles. The van der Waals surface area contributed by atoms with E-state index in [1.54, 1.807) is 24.4 Å². The molecule has 1 amide bonds. The van der Waals surface area contributed by atoms with Crippen LogP contribution in [0.4, 0.5) is 10.3 Å². The molecule has 0 saturated carbocycles. The lowest BCUT2D eigenvalue weighted by Gasteiger charge is -2.35. The second-order valence-corrected chi connectivity index (χ2v) is 11.4. The molecule has 2 aliphatic rings. The highest BCUT2D eigenvalue weighted by Crippen LogP contribution is 2.35. The van der Waals surface area contributed by atoms with Crippen LogP contribution in [0, 0.1) is 11.2 Å². The Morgan fingerprint density at radius 1 is 1.09 bits per heavy atom. The molecule has 11 nitrogen and oxygen atoms in total. The molecule has 0 unspecified atom stereocenters. The minimum absolute atomic E-state index is 0.148. The topological polar surface area (TPSA) is 129 Å². The Kier molecular flexibility index (Phi) is 9.22. The molecule has 4 aromatic rings. The monoisotopic (exact) mass is 600 g/mol. The van der Waals surface area contributed by atoms with Crippen LogP contribution in [0.15, 0.2) is 66.9 Å². The Morgan fingerprint density at radius 3 is 2.64 bits per heavy atom. The molecule has 2 aromatic carbocycles. The number of rotatable bonds is 11. The highest BCUT2D eigenvalue weighted by molar-refractivity contribution is 5.82. The van der Waals surface area contributed by atoms with Gasteiger partial charge in [0.15, 0.2) is 5.82 Å². The van der Waals surface area contributed by atoms with E-state index in [4.69, 9.17) is 19.4 Å². The number of imidazole rings is 1. The van der Waals surface area contributed by atoms with Crippen LogP contribution in [0.2, 0.25) is 0 Å². The number of halogens is 1. The molecule has 2 aliphatic heterocycles. The molecule has 2 fully saturated rings. The average molecular weight is 601 g/mol. The number of amides is 1. The minimum Gasteiger partial charge on any atom is -0.354 e. The van der Waals surface area contributed by atoms with Crippen molar-refractivity contribution < 1.29 is 18.7 Å². The quantitative estimate of drug-likeness (QED) is 0.191. The summed E-state index contributed by atoms with van der Waals surface area (Å²) in [6.07, 6.45) is 1.83. The summed E-state index contributed by atoms with van der Waals surface area (Å²) in [5, 5.41) is 9.64. The molecule has 2 aromatic heterocycles. The summed E-state index contributed by atoms with van der Waals surface area (Å²) in [7, 11) is 0. The molecule has 12 heteroatoms. The Labute approximate surface area is 255 Å². The number of aromatic nitrogens is 4. The molecule has 0 spiro atoms. The first-order chi connectivity index (χ1) is 21.5. The molecular weight excluding hydrogens is 563 g/mol. The highest BCUT2D eigenvalue weighted by Gasteiger charge is 2.40. The smallest absolute Gasteiger partial charge is 0.230 e. The van der Waals surface area contributed by atoms with Gasteiger partial charge in [-0.05, 0) is 49.2 Å². The summed E-state index contributed by atoms with van der Waals surface area (Å²) in [5.74, 6) is 0.447. The van der Waals surface area contributed by atoms with E-state index < -0.39 is 11.7 Å². The molecular formula is C32H37FN8O3. The summed E-state index contributed by atoms with van der Waals surface area (Å²) >= 11 is 0. The van der Waals surface area contributed by atoms with Gasteiger partial charge in [0.25, 0.3) is 0 Å². The van der Waals surface area contributed by atoms with E-state index in [1.807, 2.05) is 37.3 Å². The van der Waals surface area contributed by atoms with Crippen LogP contribution in [0.5, 0.6) is 0 Å². The zero-order valence-electron chi connectivity index (χ0n) is 24.7. The maximum Gasteiger partial charge on any atom is 0.230 e. The summed E-state index contributed by atoms with van der Waals surface area (Å²) in [6, 6.07) is 17.7. The van der Waals surface area contributed by atoms with Crippen LogP contribution < -0.4 is 16.0 Å². The van der Waals surface area contributed by atoms with Crippen LogP contribution >= 0.6 is 0 Å². The molecule has 0 bridgehead atoms. The predicted octanol–water partition coefficient (Wildman–Crippen LogP) is 3.71. The second kappa shape index (κ2) is 13.6. The van der Waals surface area contributed by atoms with Gasteiger partial charge in [-0.2, -0.15) is 0 Å². The first-order valence-corrected chi connectivity index (χ1v) is 14.9. The van der Waals surface area contributed by atoms with Crippen molar-refractivity contribution in [3.8, 4) is 22.6 Å². The molecule has 2 saturated heterocycles. The number of H-pyrrole nitrogens is 1. The second-order valence-electron chi connectivity index (χ2n) is 11.4. The van der Waals surface area contributed by atoms with Crippen molar-refractivity contribution in [1.82, 2.24) is 35.5 Å². The average Bonchev–Trinajstić information content (AvgIpc) is 3.74. The van der Waals surface area contributed by atoms with E-state index in [2.05, 4.69) is 30.8 Å². The Balaban J connectivity index is 1.16.